The van der Waals surface area contributed by atoms with Gasteiger partial charge in [0.15, 0.2) is 0 Å². The third-order valence-electron chi connectivity index (χ3n) is 2.31. The van der Waals surface area contributed by atoms with Gasteiger partial charge in [-0.05, 0) is 43.2 Å². The van der Waals surface area contributed by atoms with Gasteiger partial charge in [-0.1, -0.05) is 0 Å². The van der Waals surface area contributed by atoms with Gasteiger partial charge in [0.2, 0.25) is 0 Å². The fourth-order valence-corrected chi connectivity index (χ4v) is 1.47. The van der Waals surface area contributed by atoms with Crippen molar-refractivity contribution in [3.63, 3.8) is 0 Å². The molecule has 15 heavy (non-hydrogen) atoms. The highest BCUT2D eigenvalue weighted by Crippen LogP contribution is 2.13. The second-order valence-corrected chi connectivity index (χ2v) is 3.57. The molecule has 0 saturated carbocycles. The first-order valence-electron chi connectivity index (χ1n) is 4.73. The highest BCUT2D eigenvalue weighted by Gasteiger charge is 2.01. The van der Waals surface area contributed by atoms with Gasteiger partial charge in [-0.25, -0.2) is 4.68 Å². The summed E-state index contributed by atoms with van der Waals surface area (Å²) in [5.74, 6) is 0. The standard InChI is InChI=1S/C12H11N3/c1-9-7-14-15(8-9)12-4-3-11(6-13)10(2)5-12/h3-5,7-8H,1-2H3. The minimum Gasteiger partial charge on any atom is -0.241 e. The number of hydrogen-bond acceptors (Lipinski definition) is 2. The molecule has 0 amide bonds. The maximum absolute atomic E-state index is 8.81. The van der Waals surface area contributed by atoms with Crippen LogP contribution in [0.4, 0.5) is 0 Å². The maximum Gasteiger partial charge on any atom is 0.0994 e. The normalized spacial score (nSPS) is 9.93. The summed E-state index contributed by atoms with van der Waals surface area (Å²) in [6, 6.07) is 7.83. The van der Waals surface area contributed by atoms with E-state index >= 15 is 0 Å². The topological polar surface area (TPSA) is 41.6 Å². The molecule has 0 aliphatic heterocycles. The molecule has 1 heterocycles. The molecule has 0 atom stereocenters. The molecule has 3 nitrogen and oxygen atoms in total. The lowest BCUT2D eigenvalue weighted by atomic mass is 10.1. The van der Waals surface area contributed by atoms with Gasteiger partial charge in [-0.2, -0.15) is 10.4 Å². The van der Waals surface area contributed by atoms with E-state index < -0.39 is 0 Å². The van der Waals surface area contributed by atoms with Crippen molar-refractivity contribution in [2.24, 2.45) is 0 Å². The van der Waals surface area contributed by atoms with Crippen LogP contribution in [0.1, 0.15) is 16.7 Å². The van der Waals surface area contributed by atoms with Gasteiger partial charge >= 0.3 is 0 Å². The average molecular weight is 197 g/mol. The fraction of sp³-hybridized carbons (Fsp3) is 0.167. The summed E-state index contributed by atoms with van der Waals surface area (Å²) >= 11 is 0. The minimum atomic E-state index is 0.711. The number of benzene rings is 1. The highest BCUT2D eigenvalue weighted by atomic mass is 15.3. The molecule has 1 aromatic carbocycles. The molecular weight excluding hydrogens is 186 g/mol. The molecule has 3 heteroatoms. The Morgan fingerprint density at radius 2 is 2.13 bits per heavy atom. The Balaban J connectivity index is 2.48. The molecule has 0 N–H and O–H groups in total. The molecular formula is C12H11N3. The van der Waals surface area contributed by atoms with E-state index in [-0.39, 0.29) is 0 Å². The lowest BCUT2D eigenvalue weighted by Crippen LogP contribution is -1.95. The Bertz CT molecular complexity index is 532. The van der Waals surface area contributed by atoms with Gasteiger partial charge in [0.25, 0.3) is 0 Å². The van der Waals surface area contributed by atoms with E-state index in [2.05, 4.69) is 11.2 Å². The zero-order valence-electron chi connectivity index (χ0n) is 8.73. The van der Waals surface area contributed by atoms with Gasteiger partial charge in [-0.15, -0.1) is 0 Å². The van der Waals surface area contributed by atoms with Gasteiger partial charge in [0.05, 0.1) is 23.5 Å². The molecule has 0 fully saturated rings. The van der Waals surface area contributed by atoms with Crippen molar-refractivity contribution in [2.75, 3.05) is 0 Å². The van der Waals surface area contributed by atoms with Crippen molar-refractivity contribution in [1.82, 2.24) is 9.78 Å². The van der Waals surface area contributed by atoms with Crippen LogP contribution in [0, 0.1) is 25.2 Å². The van der Waals surface area contributed by atoms with Crippen molar-refractivity contribution >= 4 is 0 Å². The Morgan fingerprint density at radius 1 is 1.33 bits per heavy atom. The SMILES string of the molecule is Cc1cnn(-c2ccc(C#N)c(C)c2)c1. The lowest BCUT2D eigenvalue weighted by Gasteiger charge is -2.03. The minimum absolute atomic E-state index is 0.711. The molecule has 74 valence electrons. The third-order valence-corrected chi connectivity index (χ3v) is 2.31. The van der Waals surface area contributed by atoms with Crippen molar-refractivity contribution in [1.29, 1.82) is 5.26 Å². The van der Waals surface area contributed by atoms with Crippen molar-refractivity contribution < 1.29 is 0 Å². The van der Waals surface area contributed by atoms with Crippen LogP contribution < -0.4 is 0 Å². The summed E-state index contributed by atoms with van der Waals surface area (Å²) in [5.41, 5.74) is 3.79. The number of aryl methyl sites for hydroxylation is 2. The van der Waals surface area contributed by atoms with Crippen LogP contribution in [0.3, 0.4) is 0 Å². The van der Waals surface area contributed by atoms with E-state index in [0.717, 1.165) is 16.8 Å². The largest absolute Gasteiger partial charge is 0.241 e. The predicted octanol–water partition coefficient (Wildman–Crippen LogP) is 2.36. The van der Waals surface area contributed by atoms with Crippen LogP contribution in [-0.2, 0) is 0 Å². The van der Waals surface area contributed by atoms with Crippen LogP contribution in [0.2, 0.25) is 0 Å². The van der Waals surface area contributed by atoms with E-state index in [1.54, 1.807) is 0 Å². The van der Waals surface area contributed by atoms with Gasteiger partial charge in [-0.3, -0.25) is 0 Å². The van der Waals surface area contributed by atoms with Crippen LogP contribution in [-0.4, -0.2) is 9.78 Å². The van der Waals surface area contributed by atoms with Crippen molar-refractivity contribution in [2.45, 2.75) is 13.8 Å². The molecule has 0 spiro atoms. The summed E-state index contributed by atoms with van der Waals surface area (Å²) < 4.78 is 1.81. The quantitative estimate of drug-likeness (QED) is 0.704. The maximum atomic E-state index is 8.81. The predicted molar refractivity (Wildman–Crippen MR) is 57.8 cm³/mol. The first-order chi connectivity index (χ1) is 7.20. The summed E-state index contributed by atoms with van der Waals surface area (Å²) in [4.78, 5) is 0. The fourth-order valence-electron chi connectivity index (χ4n) is 1.47. The van der Waals surface area contributed by atoms with E-state index in [1.807, 2.05) is 49.1 Å². The van der Waals surface area contributed by atoms with Gasteiger partial charge in [0.1, 0.15) is 0 Å². The molecule has 0 saturated heterocycles. The number of nitrogens with zero attached hydrogens (tertiary/aromatic N) is 3. The monoisotopic (exact) mass is 197 g/mol. The summed E-state index contributed by atoms with van der Waals surface area (Å²) in [7, 11) is 0. The van der Waals surface area contributed by atoms with Crippen molar-refractivity contribution in [3.8, 4) is 11.8 Å². The zero-order valence-corrected chi connectivity index (χ0v) is 8.73. The van der Waals surface area contributed by atoms with E-state index in [1.165, 1.54) is 0 Å². The van der Waals surface area contributed by atoms with Crippen LogP contribution in [0.5, 0.6) is 0 Å². The van der Waals surface area contributed by atoms with Crippen LogP contribution in [0.25, 0.3) is 5.69 Å². The molecule has 2 rings (SSSR count). The zero-order chi connectivity index (χ0) is 10.8. The molecule has 1 aromatic heterocycles. The highest BCUT2D eigenvalue weighted by molar-refractivity contribution is 5.45. The van der Waals surface area contributed by atoms with E-state index in [9.17, 15) is 0 Å². The van der Waals surface area contributed by atoms with Crippen LogP contribution in [0.15, 0.2) is 30.6 Å². The average Bonchev–Trinajstić information content (AvgIpc) is 2.65. The Morgan fingerprint density at radius 3 is 2.67 bits per heavy atom. The summed E-state index contributed by atoms with van der Waals surface area (Å²) in [5, 5.41) is 13.0. The first-order valence-corrected chi connectivity index (χ1v) is 4.73. The number of nitriles is 1. The third kappa shape index (κ3) is 1.75. The number of aromatic nitrogens is 2. The Hall–Kier alpha value is -2.08. The van der Waals surface area contributed by atoms with Gasteiger partial charge < -0.3 is 0 Å². The summed E-state index contributed by atoms with van der Waals surface area (Å²) in [6.45, 7) is 3.93. The molecule has 0 bridgehead atoms. The first kappa shape index (κ1) is 9.47. The molecule has 0 unspecified atom stereocenters. The van der Waals surface area contributed by atoms with E-state index in [0.29, 0.717) is 5.56 Å². The van der Waals surface area contributed by atoms with Crippen molar-refractivity contribution in [3.05, 3.63) is 47.3 Å². The smallest absolute Gasteiger partial charge is 0.0994 e. The molecule has 0 aliphatic rings. The molecule has 0 radical (unpaired) electrons. The number of rotatable bonds is 1. The van der Waals surface area contributed by atoms with Gasteiger partial charge in [0, 0.05) is 6.20 Å². The number of hydrogen-bond donors (Lipinski definition) is 0. The second kappa shape index (κ2) is 3.58. The Kier molecular flexibility index (Phi) is 2.26. The molecule has 2 aromatic rings. The molecule has 0 aliphatic carbocycles. The lowest BCUT2D eigenvalue weighted by molar-refractivity contribution is 0.878. The van der Waals surface area contributed by atoms with Crippen LogP contribution >= 0.6 is 0 Å². The van der Waals surface area contributed by atoms with E-state index in [4.69, 9.17) is 5.26 Å². The Labute approximate surface area is 88.6 Å². The summed E-state index contributed by atoms with van der Waals surface area (Å²) in [6.07, 6.45) is 3.77. The second-order valence-electron chi connectivity index (χ2n) is 3.57.